The van der Waals surface area contributed by atoms with E-state index in [-0.39, 0.29) is 11.3 Å². The van der Waals surface area contributed by atoms with Crippen molar-refractivity contribution in [1.29, 1.82) is 0 Å². The number of carbonyl (C=O) groups excluding carboxylic acids is 2. The molecule has 0 aliphatic heterocycles. The maximum atomic E-state index is 13.1. The molecule has 5 heteroatoms. The van der Waals surface area contributed by atoms with Crippen molar-refractivity contribution in [1.82, 2.24) is 0 Å². The second kappa shape index (κ2) is 7.13. The molecule has 0 atom stereocenters. The van der Waals surface area contributed by atoms with Crippen molar-refractivity contribution in [3.63, 3.8) is 0 Å². The van der Waals surface area contributed by atoms with Gasteiger partial charge in [0.25, 0.3) is 0 Å². The Morgan fingerprint density at radius 2 is 1.68 bits per heavy atom. The van der Waals surface area contributed by atoms with Crippen LogP contribution in [0.4, 0.5) is 4.39 Å². The number of benzene rings is 3. The zero-order valence-electron chi connectivity index (χ0n) is 13.5. The van der Waals surface area contributed by atoms with Gasteiger partial charge in [-0.1, -0.05) is 24.3 Å². The van der Waals surface area contributed by atoms with Crippen molar-refractivity contribution < 1.29 is 23.5 Å². The average Bonchev–Trinajstić information content (AvgIpc) is 2.64. The Morgan fingerprint density at radius 1 is 0.920 bits per heavy atom. The van der Waals surface area contributed by atoms with Gasteiger partial charge < -0.3 is 9.47 Å². The number of carbonyl (C=O) groups is 2. The lowest BCUT2D eigenvalue weighted by atomic mass is 10.0. The first-order chi connectivity index (χ1) is 12.1. The van der Waals surface area contributed by atoms with Gasteiger partial charge in [-0.05, 0) is 47.2 Å². The Balaban J connectivity index is 1.70. The molecule has 0 amide bonds. The third kappa shape index (κ3) is 3.83. The first kappa shape index (κ1) is 16.6. The number of hydrogen-bond donors (Lipinski definition) is 0. The summed E-state index contributed by atoms with van der Waals surface area (Å²) in [4.78, 5) is 24.1. The molecule has 0 saturated heterocycles. The molecule has 0 heterocycles. The summed E-state index contributed by atoms with van der Waals surface area (Å²) in [6.45, 7) is -0.406. The topological polar surface area (TPSA) is 52.6 Å². The maximum Gasteiger partial charge on any atom is 0.338 e. The number of ether oxygens (including phenoxy) is 2. The van der Waals surface area contributed by atoms with Gasteiger partial charge in [0.1, 0.15) is 11.6 Å². The van der Waals surface area contributed by atoms with E-state index in [1.165, 1.54) is 18.2 Å². The standard InChI is InChI=1S/C20H15FO4/c1-24-18-8-7-13-9-15(6-5-14(13)11-18)19(22)12-25-20(23)16-3-2-4-17(21)10-16/h2-11H,12H2,1H3. The van der Waals surface area contributed by atoms with Gasteiger partial charge in [-0.3, -0.25) is 4.79 Å². The van der Waals surface area contributed by atoms with E-state index in [2.05, 4.69) is 0 Å². The molecule has 0 aliphatic rings. The summed E-state index contributed by atoms with van der Waals surface area (Å²) >= 11 is 0. The van der Waals surface area contributed by atoms with E-state index in [9.17, 15) is 14.0 Å². The summed E-state index contributed by atoms with van der Waals surface area (Å²) < 4.78 is 23.2. The van der Waals surface area contributed by atoms with E-state index in [1.807, 2.05) is 12.1 Å². The molecule has 4 nitrogen and oxygen atoms in total. The fourth-order valence-electron chi connectivity index (χ4n) is 2.44. The van der Waals surface area contributed by atoms with Gasteiger partial charge in [-0.2, -0.15) is 0 Å². The van der Waals surface area contributed by atoms with E-state index in [0.29, 0.717) is 5.56 Å². The molecule has 0 aliphatic carbocycles. The van der Waals surface area contributed by atoms with Crippen molar-refractivity contribution in [3.05, 3.63) is 77.6 Å². The van der Waals surface area contributed by atoms with Crippen molar-refractivity contribution in [3.8, 4) is 5.75 Å². The van der Waals surface area contributed by atoms with Gasteiger partial charge in [0.05, 0.1) is 12.7 Å². The third-order valence-electron chi connectivity index (χ3n) is 3.76. The molecule has 0 bridgehead atoms. The van der Waals surface area contributed by atoms with Crippen LogP contribution in [0, 0.1) is 5.82 Å². The quantitative estimate of drug-likeness (QED) is 0.521. The Hall–Kier alpha value is -3.21. The minimum absolute atomic E-state index is 0.0680. The van der Waals surface area contributed by atoms with E-state index in [4.69, 9.17) is 9.47 Å². The smallest absolute Gasteiger partial charge is 0.338 e. The summed E-state index contributed by atoms with van der Waals surface area (Å²) in [5, 5.41) is 1.82. The van der Waals surface area contributed by atoms with Crippen LogP contribution in [0.2, 0.25) is 0 Å². The number of Topliss-reactive ketones (excluding diaryl/α,β-unsaturated/α-hetero) is 1. The molecule has 3 rings (SSSR count). The predicted molar refractivity (Wildman–Crippen MR) is 91.5 cm³/mol. The summed E-state index contributed by atoms with van der Waals surface area (Å²) in [7, 11) is 1.59. The fraction of sp³-hybridized carbons (Fsp3) is 0.100. The van der Waals surface area contributed by atoms with Crippen molar-refractivity contribution in [2.75, 3.05) is 13.7 Å². The molecule has 3 aromatic rings. The summed E-state index contributed by atoms with van der Waals surface area (Å²) in [6, 6.07) is 15.9. The second-order valence-electron chi connectivity index (χ2n) is 5.44. The highest BCUT2D eigenvalue weighted by atomic mass is 19.1. The van der Waals surface area contributed by atoms with Crippen molar-refractivity contribution in [2.24, 2.45) is 0 Å². The molecule has 0 unspecified atom stereocenters. The summed E-state index contributed by atoms with van der Waals surface area (Å²) in [5.74, 6) is -0.873. The largest absolute Gasteiger partial charge is 0.497 e. The Labute approximate surface area is 143 Å². The third-order valence-corrected chi connectivity index (χ3v) is 3.76. The Bertz CT molecular complexity index is 949. The van der Waals surface area contributed by atoms with E-state index < -0.39 is 18.4 Å². The van der Waals surface area contributed by atoms with Crippen LogP contribution in [-0.2, 0) is 4.74 Å². The minimum atomic E-state index is -0.738. The number of methoxy groups -OCH3 is 1. The molecule has 0 aromatic heterocycles. The van der Waals surface area contributed by atoms with Crippen LogP contribution < -0.4 is 4.74 Å². The molecule has 0 N–H and O–H groups in total. The zero-order valence-corrected chi connectivity index (χ0v) is 13.5. The highest BCUT2D eigenvalue weighted by Crippen LogP contribution is 2.22. The number of halogens is 1. The number of esters is 1. The van der Waals surface area contributed by atoms with E-state index >= 15 is 0 Å². The van der Waals surface area contributed by atoms with Crippen LogP contribution >= 0.6 is 0 Å². The second-order valence-corrected chi connectivity index (χ2v) is 5.44. The molecule has 0 spiro atoms. The lowest BCUT2D eigenvalue weighted by Gasteiger charge is -2.07. The number of rotatable bonds is 5. The van der Waals surface area contributed by atoms with Crippen LogP contribution in [0.5, 0.6) is 5.75 Å². The van der Waals surface area contributed by atoms with Gasteiger partial charge in [-0.15, -0.1) is 0 Å². The molecule has 126 valence electrons. The predicted octanol–water partition coefficient (Wildman–Crippen LogP) is 4.03. The monoisotopic (exact) mass is 338 g/mol. The normalized spacial score (nSPS) is 10.5. The number of hydrogen-bond acceptors (Lipinski definition) is 4. The van der Waals surface area contributed by atoms with Crippen LogP contribution in [0.3, 0.4) is 0 Å². The first-order valence-corrected chi connectivity index (χ1v) is 7.60. The summed E-state index contributed by atoms with van der Waals surface area (Å²) in [6.07, 6.45) is 0. The molecular formula is C20H15FO4. The van der Waals surface area contributed by atoms with E-state index in [1.54, 1.807) is 31.4 Å². The highest BCUT2D eigenvalue weighted by molar-refractivity contribution is 6.02. The van der Waals surface area contributed by atoms with Gasteiger partial charge in [0, 0.05) is 5.56 Å². The number of ketones is 1. The van der Waals surface area contributed by atoms with Crippen molar-refractivity contribution in [2.45, 2.75) is 0 Å². The van der Waals surface area contributed by atoms with Crippen LogP contribution in [0.1, 0.15) is 20.7 Å². The van der Waals surface area contributed by atoms with Crippen LogP contribution in [0.25, 0.3) is 10.8 Å². The Morgan fingerprint density at radius 3 is 2.44 bits per heavy atom. The molecular weight excluding hydrogens is 323 g/mol. The highest BCUT2D eigenvalue weighted by Gasteiger charge is 2.13. The fourth-order valence-corrected chi connectivity index (χ4v) is 2.44. The van der Waals surface area contributed by atoms with Crippen LogP contribution in [0.15, 0.2) is 60.7 Å². The summed E-state index contributed by atoms with van der Waals surface area (Å²) in [5.41, 5.74) is 0.503. The van der Waals surface area contributed by atoms with Gasteiger partial charge in [0.15, 0.2) is 12.4 Å². The van der Waals surface area contributed by atoms with Gasteiger partial charge in [-0.25, -0.2) is 9.18 Å². The molecule has 0 saturated carbocycles. The van der Waals surface area contributed by atoms with Gasteiger partial charge >= 0.3 is 5.97 Å². The first-order valence-electron chi connectivity index (χ1n) is 7.60. The van der Waals surface area contributed by atoms with Crippen LogP contribution in [-0.4, -0.2) is 25.5 Å². The SMILES string of the molecule is COc1ccc2cc(C(=O)COC(=O)c3cccc(F)c3)ccc2c1. The van der Waals surface area contributed by atoms with E-state index in [0.717, 1.165) is 22.6 Å². The Kier molecular flexibility index (Phi) is 4.75. The minimum Gasteiger partial charge on any atom is -0.497 e. The van der Waals surface area contributed by atoms with Gasteiger partial charge in [0.2, 0.25) is 0 Å². The average molecular weight is 338 g/mol. The molecule has 25 heavy (non-hydrogen) atoms. The lowest BCUT2D eigenvalue weighted by Crippen LogP contribution is -2.14. The van der Waals surface area contributed by atoms with Crippen molar-refractivity contribution >= 4 is 22.5 Å². The molecule has 3 aromatic carbocycles. The zero-order chi connectivity index (χ0) is 17.8. The molecule has 0 fully saturated rings. The lowest BCUT2D eigenvalue weighted by molar-refractivity contribution is 0.0474. The number of fused-ring (bicyclic) bond motifs is 1. The maximum absolute atomic E-state index is 13.1. The molecule has 0 radical (unpaired) electrons.